The summed E-state index contributed by atoms with van der Waals surface area (Å²) in [5.74, 6) is 0.171. The van der Waals surface area contributed by atoms with Gasteiger partial charge in [-0.3, -0.25) is 9.69 Å². The lowest BCUT2D eigenvalue weighted by atomic mass is 10.2. The lowest BCUT2D eigenvalue weighted by Crippen LogP contribution is -2.54. The first-order valence-corrected chi connectivity index (χ1v) is 6.47. The fourth-order valence-electron chi connectivity index (χ4n) is 2.18. The fourth-order valence-corrected chi connectivity index (χ4v) is 2.18. The average Bonchev–Trinajstić information content (AvgIpc) is 3.06. The molecular formula is C12H24N4O. The van der Waals surface area contributed by atoms with Crippen molar-refractivity contribution in [3.05, 3.63) is 0 Å². The minimum Gasteiger partial charge on any atom is -0.339 e. The van der Waals surface area contributed by atoms with Gasteiger partial charge in [0.1, 0.15) is 0 Å². The lowest BCUT2D eigenvalue weighted by Gasteiger charge is -2.36. The second-order valence-corrected chi connectivity index (χ2v) is 5.59. The summed E-state index contributed by atoms with van der Waals surface area (Å²) in [7, 11) is 4.18. The summed E-state index contributed by atoms with van der Waals surface area (Å²) in [4.78, 5) is 18.6. The van der Waals surface area contributed by atoms with Crippen LogP contribution < -0.4 is 5.73 Å². The molecule has 5 nitrogen and oxygen atoms in total. The number of nitrogens with zero attached hydrogens (tertiary/aromatic N) is 3. The maximum Gasteiger partial charge on any atom is 0.242 e. The number of carbonyl (C=O) groups is 1. The SMILES string of the molecule is CN(C)CCN1CCN(C(=O)C2(N)CC2)CC1. The number of amides is 1. The molecule has 1 heterocycles. The van der Waals surface area contributed by atoms with Crippen LogP contribution in [-0.4, -0.2) is 79.5 Å². The molecule has 1 amide bonds. The summed E-state index contributed by atoms with van der Waals surface area (Å²) in [6.07, 6.45) is 1.74. The summed E-state index contributed by atoms with van der Waals surface area (Å²) in [5.41, 5.74) is 5.45. The van der Waals surface area contributed by atoms with E-state index < -0.39 is 5.54 Å². The zero-order valence-corrected chi connectivity index (χ0v) is 11.0. The molecule has 98 valence electrons. The predicted molar refractivity (Wildman–Crippen MR) is 67.7 cm³/mol. The van der Waals surface area contributed by atoms with Crippen molar-refractivity contribution >= 4 is 5.91 Å². The third kappa shape index (κ3) is 3.18. The number of carbonyl (C=O) groups excluding carboxylic acids is 1. The van der Waals surface area contributed by atoms with Crippen molar-refractivity contribution in [2.75, 3.05) is 53.4 Å². The van der Waals surface area contributed by atoms with Crippen LogP contribution in [0.5, 0.6) is 0 Å². The number of piperazine rings is 1. The molecule has 5 heteroatoms. The zero-order chi connectivity index (χ0) is 12.5. The van der Waals surface area contributed by atoms with Crippen LogP contribution in [0.3, 0.4) is 0 Å². The molecule has 17 heavy (non-hydrogen) atoms. The minimum atomic E-state index is -0.494. The first kappa shape index (κ1) is 12.8. The second-order valence-electron chi connectivity index (χ2n) is 5.59. The van der Waals surface area contributed by atoms with E-state index in [2.05, 4.69) is 23.9 Å². The van der Waals surface area contributed by atoms with Gasteiger partial charge in [-0.25, -0.2) is 0 Å². The molecule has 0 aromatic heterocycles. The highest BCUT2D eigenvalue weighted by atomic mass is 16.2. The highest BCUT2D eigenvalue weighted by Gasteiger charge is 2.48. The molecule has 1 saturated carbocycles. The van der Waals surface area contributed by atoms with E-state index in [0.29, 0.717) is 0 Å². The van der Waals surface area contributed by atoms with Gasteiger partial charge in [0.25, 0.3) is 0 Å². The molecule has 1 aliphatic carbocycles. The molecule has 0 atom stereocenters. The number of nitrogens with two attached hydrogens (primary N) is 1. The monoisotopic (exact) mass is 240 g/mol. The molecule has 2 aliphatic rings. The number of hydrogen-bond acceptors (Lipinski definition) is 4. The summed E-state index contributed by atoms with van der Waals surface area (Å²) in [6.45, 7) is 5.80. The molecule has 0 radical (unpaired) electrons. The highest BCUT2D eigenvalue weighted by Crippen LogP contribution is 2.34. The molecule has 2 N–H and O–H groups in total. The van der Waals surface area contributed by atoms with E-state index in [4.69, 9.17) is 5.73 Å². The van der Waals surface area contributed by atoms with Crippen molar-refractivity contribution in [3.63, 3.8) is 0 Å². The Morgan fingerprint density at radius 2 is 1.82 bits per heavy atom. The Bertz CT molecular complexity index is 280. The van der Waals surface area contributed by atoms with Gasteiger partial charge in [-0.2, -0.15) is 0 Å². The van der Waals surface area contributed by atoms with Gasteiger partial charge in [-0.15, -0.1) is 0 Å². The van der Waals surface area contributed by atoms with Crippen molar-refractivity contribution in [3.8, 4) is 0 Å². The molecule has 1 aliphatic heterocycles. The van der Waals surface area contributed by atoms with Crippen LogP contribution in [0.15, 0.2) is 0 Å². The van der Waals surface area contributed by atoms with Gasteiger partial charge >= 0.3 is 0 Å². The van der Waals surface area contributed by atoms with Crippen molar-refractivity contribution in [2.24, 2.45) is 5.73 Å². The summed E-state index contributed by atoms with van der Waals surface area (Å²) < 4.78 is 0. The molecule has 2 fully saturated rings. The van der Waals surface area contributed by atoms with E-state index >= 15 is 0 Å². The molecule has 0 aromatic rings. The Hall–Kier alpha value is -0.650. The lowest BCUT2D eigenvalue weighted by molar-refractivity contribution is -0.135. The van der Waals surface area contributed by atoms with Gasteiger partial charge in [0.05, 0.1) is 5.54 Å². The Kier molecular flexibility index (Phi) is 3.70. The summed E-state index contributed by atoms with van der Waals surface area (Å²) >= 11 is 0. The predicted octanol–water partition coefficient (Wildman–Crippen LogP) is -0.816. The van der Waals surface area contributed by atoms with E-state index in [9.17, 15) is 4.79 Å². The average molecular weight is 240 g/mol. The Morgan fingerprint density at radius 3 is 2.29 bits per heavy atom. The van der Waals surface area contributed by atoms with Gasteiger partial charge in [0, 0.05) is 39.3 Å². The van der Waals surface area contributed by atoms with E-state index in [1.54, 1.807) is 0 Å². The normalized spacial score (nSPS) is 24.1. The Balaban J connectivity index is 1.72. The largest absolute Gasteiger partial charge is 0.339 e. The van der Waals surface area contributed by atoms with E-state index in [-0.39, 0.29) is 5.91 Å². The van der Waals surface area contributed by atoms with Crippen molar-refractivity contribution in [1.82, 2.24) is 14.7 Å². The molecule has 0 aromatic carbocycles. The molecule has 0 bridgehead atoms. The van der Waals surface area contributed by atoms with Crippen LogP contribution in [0.2, 0.25) is 0 Å². The first-order chi connectivity index (χ1) is 8.01. The van der Waals surface area contributed by atoms with Gasteiger partial charge in [0.15, 0.2) is 0 Å². The van der Waals surface area contributed by atoms with Crippen molar-refractivity contribution in [1.29, 1.82) is 0 Å². The highest BCUT2D eigenvalue weighted by molar-refractivity contribution is 5.89. The van der Waals surface area contributed by atoms with Crippen LogP contribution in [0.25, 0.3) is 0 Å². The summed E-state index contributed by atoms with van der Waals surface area (Å²) in [5, 5.41) is 0. The van der Waals surface area contributed by atoms with Crippen LogP contribution >= 0.6 is 0 Å². The first-order valence-electron chi connectivity index (χ1n) is 6.47. The minimum absolute atomic E-state index is 0.171. The molecule has 2 rings (SSSR count). The number of likely N-dealkylation sites (N-methyl/N-ethyl adjacent to an activating group) is 1. The van der Waals surface area contributed by atoms with Crippen LogP contribution in [0, 0.1) is 0 Å². The quantitative estimate of drug-likeness (QED) is 0.698. The van der Waals surface area contributed by atoms with Gasteiger partial charge in [-0.05, 0) is 26.9 Å². The van der Waals surface area contributed by atoms with Gasteiger partial charge < -0.3 is 15.5 Å². The van der Waals surface area contributed by atoms with Crippen LogP contribution in [-0.2, 0) is 4.79 Å². The van der Waals surface area contributed by atoms with Crippen LogP contribution in [0.4, 0.5) is 0 Å². The molecular weight excluding hydrogens is 216 g/mol. The maximum absolute atomic E-state index is 12.0. The third-order valence-corrected chi connectivity index (χ3v) is 3.74. The van der Waals surface area contributed by atoms with E-state index in [1.807, 2.05) is 4.90 Å². The number of rotatable bonds is 4. The third-order valence-electron chi connectivity index (χ3n) is 3.74. The molecule has 0 unspecified atom stereocenters. The van der Waals surface area contributed by atoms with Crippen molar-refractivity contribution in [2.45, 2.75) is 18.4 Å². The zero-order valence-electron chi connectivity index (χ0n) is 11.0. The van der Waals surface area contributed by atoms with E-state index in [0.717, 1.165) is 52.1 Å². The van der Waals surface area contributed by atoms with Gasteiger partial charge in [-0.1, -0.05) is 0 Å². The number of hydrogen-bond donors (Lipinski definition) is 1. The second kappa shape index (κ2) is 4.92. The van der Waals surface area contributed by atoms with Crippen molar-refractivity contribution < 1.29 is 4.79 Å². The van der Waals surface area contributed by atoms with E-state index in [1.165, 1.54) is 0 Å². The van der Waals surface area contributed by atoms with Crippen LogP contribution in [0.1, 0.15) is 12.8 Å². The summed E-state index contributed by atoms with van der Waals surface area (Å²) in [6, 6.07) is 0. The molecule has 1 saturated heterocycles. The fraction of sp³-hybridized carbons (Fsp3) is 0.917. The standard InChI is InChI=1S/C12H24N4O/c1-14(2)5-6-15-7-9-16(10-8-15)11(17)12(13)3-4-12/h3-10,13H2,1-2H3. The smallest absolute Gasteiger partial charge is 0.242 e. The Labute approximate surface area is 104 Å². The molecule has 0 spiro atoms. The topological polar surface area (TPSA) is 52.8 Å². The van der Waals surface area contributed by atoms with Gasteiger partial charge in [0.2, 0.25) is 5.91 Å². The maximum atomic E-state index is 12.0. The Morgan fingerprint density at radius 1 is 1.24 bits per heavy atom.